The number of fused-ring (bicyclic) bond motifs is 7. The van der Waals surface area contributed by atoms with Crippen molar-refractivity contribution in [2.75, 3.05) is 19.8 Å². The summed E-state index contributed by atoms with van der Waals surface area (Å²) in [5.41, 5.74) is 1.32. The molecule has 0 aromatic carbocycles. The lowest BCUT2D eigenvalue weighted by Crippen LogP contribution is -2.67. The molecule has 0 aromatic heterocycles. The zero-order valence-corrected chi connectivity index (χ0v) is 36.7. The Morgan fingerprint density at radius 3 is 2.05 bits per heavy atom. The third-order valence-corrected chi connectivity index (χ3v) is 17.9. The monoisotopic (exact) mass is 883 g/mol. The lowest BCUT2D eigenvalue weighted by atomic mass is 9.47. The molecule has 0 radical (unpaired) electrons. The molecule has 4 aliphatic carbocycles. The fourth-order valence-electron chi connectivity index (χ4n) is 14.2. The first-order chi connectivity index (χ1) is 29.4. The summed E-state index contributed by atoms with van der Waals surface area (Å²) in [5, 5.41) is 99.7. The molecule has 5 aliphatic heterocycles. The van der Waals surface area contributed by atoms with Crippen LogP contribution in [0.4, 0.5) is 0 Å². The quantitative estimate of drug-likeness (QED) is 0.142. The lowest BCUT2D eigenvalue weighted by Gasteiger charge is -2.59. The van der Waals surface area contributed by atoms with Gasteiger partial charge in [0, 0.05) is 12.5 Å². The van der Waals surface area contributed by atoms with Crippen LogP contribution in [0.25, 0.3) is 0 Å². The smallest absolute Gasteiger partial charge is 0.187 e. The molecule has 9 rings (SSSR count). The molecule has 354 valence electrons. The van der Waals surface area contributed by atoms with Crippen molar-refractivity contribution in [1.29, 1.82) is 0 Å². The molecule has 0 amide bonds. The first kappa shape index (κ1) is 46.2. The van der Waals surface area contributed by atoms with E-state index in [0.29, 0.717) is 48.3 Å². The summed E-state index contributed by atoms with van der Waals surface area (Å²) in [4.78, 5) is 0. The second-order valence-electron chi connectivity index (χ2n) is 21.2. The molecule has 5 saturated heterocycles. The molecule has 26 atom stereocenters. The molecule has 17 nitrogen and oxygen atoms in total. The predicted octanol–water partition coefficient (Wildman–Crippen LogP) is -0.213. The Kier molecular flexibility index (Phi) is 12.9. The SMILES string of the molecule is CC1OC(OC2C(OC3CCC4(C)C(=CCC5C4CCC4(C)C5CC5OC6(CC[C@@H](C)CN6)[C@@H](C)C54)C3)OC(CO)C(O)C2OC2OC(CO)C(O)C(O)C2O)C(O)C(O)C1O. The van der Waals surface area contributed by atoms with Crippen LogP contribution in [0.2, 0.25) is 0 Å². The average molecular weight is 884 g/mol. The second-order valence-corrected chi connectivity index (χ2v) is 21.2. The van der Waals surface area contributed by atoms with Gasteiger partial charge in [-0.15, -0.1) is 0 Å². The molecule has 62 heavy (non-hydrogen) atoms. The molecule has 9 aliphatic rings. The highest BCUT2D eigenvalue weighted by atomic mass is 16.8. The summed E-state index contributed by atoms with van der Waals surface area (Å²) in [7, 11) is 0. The van der Waals surface area contributed by atoms with Gasteiger partial charge >= 0.3 is 0 Å². The first-order valence-electron chi connectivity index (χ1n) is 23.5. The van der Waals surface area contributed by atoms with Crippen molar-refractivity contribution in [3.05, 3.63) is 11.6 Å². The Morgan fingerprint density at radius 2 is 1.35 bits per heavy atom. The summed E-state index contributed by atoms with van der Waals surface area (Å²) < 4.78 is 43.9. The van der Waals surface area contributed by atoms with Gasteiger partial charge in [-0.1, -0.05) is 39.3 Å². The highest BCUT2D eigenvalue weighted by Gasteiger charge is 2.68. The van der Waals surface area contributed by atoms with Crippen molar-refractivity contribution >= 4 is 0 Å². The van der Waals surface area contributed by atoms with Crippen LogP contribution in [0, 0.1) is 46.3 Å². The van der Waals surface area contributed by atoms with E-state index in [-0.39, 0.29) is 22.7 Å². The molecule has 1 spiro atoms. The van der Waals surface area contributed by atoms with Gasteiger partial charge in [0.05, 0.1) is 31.5 Å². The van der Waals surface area contributed by atoms with Crippen LogP contribution in [0.5, 0.6) is 0 Å². The third-order valence-electron chi connectivity index (χ3n) is 17.9. The zero-order chi connectivity index (χ0) is 44.2. The van der Waals surface area contributed by atoms with E-state index in [0.717, 1.165) is 38.6 Å². The first-order valence-corrected chi connectivity index (χ1v) is 23.5. The summed E-state index contributed by atoms with van der Waals surface area (Å²) >= 11 is 0. The van der Waals surface area contributed by atoms with Gasteiger partial charge in [0.15, 0.2) is 18.9 Å². The summed E-state index contributed by atoms with van der Waals surface area (Å²) in [6, 6.07) is 0. The maximum Gasteiger partial charge on any atom is 0.187 e. The Morgan fingerprint density at radius 1 is 0.694 bits per heavy atom. The number of ether oxygens (including phenoxy) is 7. The number of aliphatic hydroxyl groups excluding tert-OH is 9. The van der Waals surface area contributed by atoms with Gasteiger partial charge in [-0.2, -0.15) is 0 Å². The number of piperidine rings is 1. The average Bonchev–Trinajstić information content (AvgIpc) is 3.70. The van der Waals surface area contributed by atoms with Crippen LogP contribution >= 0.6 is 0 Å². The third kappa shape index (κ3) is 7.49. The Balaban J connectivity index is 0.940. The van der Waals surface area contributed by atoms with E-state index in [1.165, 1.54) is 25.3 Å². The molecular formula is C45H73NO16. The number of hydrogen-bond acceptors (Lipinski definition) is 17. The minimum atomic E-state index is -1.84. The molecule has 17 heteroatoms. The molecular weight excluding hydrogens is 810 g/mol. The van der Waals surface area contributed by atoms with Crippen LogP contribution < -0.4 is 5.32 Å². The maximum absolute atomic E-state index is 11.6. The van der Waals surface area contributed by atoms with E-state index in [9.17, 15) is 46.0 Å². The minimum Gasteiger partial charge on any atom is -0.394 e. The van der Waals surface area contributed by atoms with Crippen molar-refractivity contribution in [2.24, 2.45) is 46.3 Å². The summed E-state index contributed by atoms with van der Waals surface area (Å²) in [5.74, 6) is 3.32. The molecule has 3 saturated carbocycles. The number of hydrogen-bond donors (Lipinski definition) is 10. The van der Waals surface area contributed by atoms with Crippen molar-refractivity contribution in [3.63, 3.8) is 0 Å². The van der Waals surface area contributed by atoms with Gasteiger partial charge < -0.3 is 79.1 Å². The van der Waals surface area contributed by atoms with E-state index in [1.807, 2.05) is 0 Å². The van der Waals surface area contributed by atoms with Crippen LogP contribution in [0.15, 0.2) is 11.6 Å². The fourth-order valence-corrected chi connectivity index (χ4v) is 14.2. The van der Waals surface area contributed by atoms with Crippen molar-refractivity contribution in [1.82, 2.24) is 5.32 Å². The zero-order valence-electron chi connectivity index (χ0n) is 36.7. The molecule has 5 heterocycles. The van der Waals surface area contributed by atoms with Crippen LogP contribution in [0.3, 0.4) is 0 Å². The highest BCUT2D eigenvalue weighted by molar-refractivity contribution is 5.26. The Bertz CT molecular complexity index is 1610. The van der Waals surface area contributed by atoms with Crippen LogP contribution in [-0.2, 0) is 33.2 Å². The van der Waals surface area contributed by atoms with Crippen molar-refractivity contribution < 1.29 is 79.1 Å². The maximum atomic E-state index is 11.6. The van der Waals surface area contributed by atoms with E-state index < -0.39 is 111 Å². The Labute approximate surface area is 364 Å². The largest absolute Gasteiger partial charge is 0.394 e. The number of rotatable bonds is 8. The van der Waals surface area contributed by atoms with Gasteiger partial charge in [-0.3, -0.25) is 5.32 Å². The fraction of sp³-hybridized carbons (Fsp3) is 0.956. The van der Waals surface area contributed by atoms with E-state index >= 15 is 0 Å². The molecule has 8 fully saturated rings. The molecule has 10 N–H and O–H groups in total. The van der Waals surface area contributed by atoms with Crippen LogP contribution in [-0.4, -0.2) is 176 Å². The van der Waals surface area contributed by atoms with Crippen LogP contribution in [0.1, 0.15) is 92.4 Å². The molecule has 0 aromatic rings. The topological polar surface area (TPSA) is 259 Å². The summed E-state index contributed by atoms with van der Waals surface area (Å²) in [6.45, 7) is 10.8. The predicted molar refractivity (Wildman–Crippen MR) is 216 cm³/mol. The summed E-state index contributed by atoms with van der Waals surface area (Å²) in [6.07, 6.45) is -11.9. The Hall–Kier alpha value is -0.940. The normalized spacial score (nSPS) is 57.6. The van der Waals surface area contributed by atoms with Gasteiger partial charge in [0.1, 0.15) is 72.9 Å². The van der Waals surface area contributed by atoms with Crippen molar-refractivity contribution in [3.8, 4) is 0 Å². The molecule has 0 bridgehead atoms. The van der Waals surface area contributed by atoms with Gasteiger partial charge in [0.25, 0.3) is 0 Å². The standard InChI is InChI=1S/C45H73NO16/c1-19-8-13-45(46-16-19)20(2)30-27(62-45)15-26-24-7-6-22-14-23(9-11-43(22,4)25(24)10-12-44(26,30)5)57-42-39(61-40-36(54)34(52)31(49)21(3)56-40)38(33(51)29(18-48)59-42)60-41-37(55)35(53)32(50)28(17-47)58-41/h6,19-21,23-42,46-55H,7-18H2,1-5H3/t19-,20+,21?,23?,24?,25?,26?,27?,28?,29?,30?,31?,32?,33?,34?,35?,36?,37?,38?,39?,40?,41?,42?,43?,44?,45?/m1/s1. The second kappa shape index (κ2) is 17.3. The van der Waals surface area contributed by atoms with E-state index in [2.05, 4.69) is 39.1 Å². The van der Waals surface area contributed by atoms with Gasteiger partial charge in [-0.25, -0.2) is 0 Å². The minimum absolute atomic E-state index is 0.0361. The molecule has 24 unspecified atom stereocenters. The van der Waals surface area contributed by atoms with Crippen molar-refractivity contribution in [2.45, 2.75) is 202 Å². The number of allylic oxidation sites excluding steroid dienone is 1. The lowest BCUT2D eigenvalue weighted by molar-refractivity contribution is -0.394. The van der Waals surface area contributed by atoms with Gasteiger partial charge in [-0.05, 0) is 105 Å². The van der Waals surface area contributed by atoms with E-state index in [4.69, 9.17) is 33.2 Å². The van der Waals surface area contributed by atoms with E-state index in [1.54, 1.807) is 0 Å². The highest BCUT2D eigenvalue weighted by Crippen LogP contribution is 2.70. The number of nitrogens with one attached hydrogen (secondary N) is 1. The van der Waals surface area contributed by atoms with Gasteiger partial charge in [0.2, 0.25) is 0 Å². The number of aliphatic hydroxyl groups is 9.